The predicted octanol–water partition coefficient (Wildman–Crippen LogP) is 0.139. The lowest BCUT2D eigenvalue weighted by molar-refractivity contribution is 0.588. The van der Waals surface area contributed by atoms with Gasteiger partial charge in [-0.15, -0.1) is 0 Å². The Balaban J connectivity index is 0.000000187. The molecule has 2 heterocycles. The predicted molar refractivity (Wildman–Crippen MR) is 54.2 cm³/mol. The molecule has 80 valence electrons. The third-order valence-corrected chi connectivity index (χ3v) is 2.01. The van der Waals surface area contributed by atoms with Gasteiger partial charge < -0.3 is 4.98 Å². The van der Waals surface area contributed by atoms with Crippen LogP contribution in [0.15, 0.2) is 48.1 Å². The Morgan fingerprint density at radius 1 is 1.07 bits per heavy atom. The van der Waals surface area contributed by atoms with Crippen molar-refractivity contribution in [2.75, 3.05) is 0 Å². The largest absolute Gasteiger partial charge is 0.368 e. The summed E-state index contributed by atoms with van der Waals surface area (Å²) in [5, 5.41) is 4.35. The van der Waals surface area contributed by atoms with Crippen LogP contribution in [0.1, 0.15) is 0 Å². The number of aromatic nitrogens is 3. The summed E-state index contributed by atoms with van der Waals surface area (Å²) in [6.45, 7) is 0. The third-order valence-electron chi connectivity index (χ3n) is 1.29. The molecule has 0 saturated heterocycles. The summed E-state index contributed by atoms with van der Waals surface area (Å²) in [7, 11) is -3.73. The molecule has 2 aromatic rings. The molecule has 2 rings (SSSR count). The molecular weight excluding hydrogens is 216 g/mol. The summed E-state index contributed by atoms with van der Waals surface area (Å²) in [6.07, 6.45) is 6.37. The van der Waals surface area contributed by atoms with Gasteiger partial charge in [0, 0.05) is 24.8 Å². The molecule has 6 nitrogen and oxygen atoms in total. The molecule has 0 aliphatic carbocycles. The Kier molecular flexibility index (Phi) is 3.95. The second-order valence-corrected chi connectivity index (χ2v) is 3.92. The minimum atomic E-state index is -3.73. The number of nitrogens with two attached hydrogens (primary N) is 1. The number of hydrogen-bond acceptors (Lipinski definition) is 4. The Labute approximate surface area is 87.2 Å². The zero-order chi connectivity index (χ0) is 11.1. The maximum absolute atomic E-state index is 10.5. The lowest BCUT2D eigenvalue weighted by Crippen LogP contribution is -2.15. The Morgan fingerprint density at radius 3 is 1.87 bits per heavy atom. The van der Waals surface area contributed by atoms with Gasteiger partial charge in [-0.05, 0) is 18.2 Å². The number of sulfonamides is 1. The zero-order valence-electron chi connectivity index (χ0n) is 7.74. The Bertz CT molecular complexity index is 449. The minimum Gasteiger partial charge on any atom is -0.368 e. The van der Waals surface area contributed by atoms with Gasteiger partial charge in [-0.3, -0.25) is 0 Å². The van der Waals surface area contributed by atoms with Gasteiger partial charge in [-0.1, -0.05) is 0 Å². The lowest BCUT2D eigenvalue weighted by atomic mass is 10.7. The van der Waals surface area contributed by atoms with E-state index in [0.717, 1.165) is 0 Å². The van der Waals surface area contributed by atoms with Crippen LogP contribution in [-0.4, -0.2) is 23.4 Å². The fourth-order valence-electron chi connectivity index (χ4n) is 0.710. The summed E-state index contributed by atoms with van der Waals surface area (Å²) in [5.74, 6) is 0. The van der Waals surface area contributed by atoms with Crippen molar-refractivity contribution in [3.63, 3.8) is 0 Å². The fraction of sp³-hybridized carbons (Fsp3) is 0. The summed E-state index contributed by atoms with van der Waals surface area (Å²) in [4.78, 5) is 9.71. The lowest BCUT2D eigenvalue weighted by Gasteiger charge is -1.91. The van der Waals surface area contributed by atoms with E-state index >= 15 is 0 Å². The van der Waals surface area contributed by atoms with Gasteiger partial charge in [-0.25, -0.2) is 23.5 Å². The Morgan fingerprint density at radius 2 is 1.60 bits per heavy atom. The average molecular weight is 226 g/mol. The first kappa shape index (κ1) is 11.3. The van der Waals surface area contributed by atoms with Crippen molar-refractivity contribution in [2.45, 2.75) is 5.16 Å². The molecule has 0 atom stereocenters. The van der Waals surface area contributed by atoms with Crippen LogP contribution in [0.5, 0.6) is 0 Å². The van der Waals surface area contributed by atoms with E-state index in [4.69, 9.17) is 5.14 Å². The highest BCUT2D eigenvalue weighted by Gasteiger charge is 2.08. The number of nitrogens with zero attached hydrogens (tertiary/aromatic N) is 2. The second kappa shape index (κ2) is 5.23. The van der Waals surface area contributed by atoms with Crippen LogP contribution in [-0.2, 0) is 10.0 Å². The summed E-state index contributed by atoms with van der Waals surface area (Å²) >= 11 is 0. The van der Waals surface area contributed by atoms with Gasteiger partial charge in [0.05, 0.1) is 0 Å². The van der Waals surface area contributed by atoms with Crippen LogP contribution < -0.4 is 5.14 Å². The van der Waals surface area contributed by atoms with Crippen LogP contribution in [0.4, 0.5) is 0 Å². The minimum absolute atomic E-state index is 0.352. The van der Waals surface area contributed by atoms with Crippen molar-refractivity contribution in [3.8, 4) is 0 Å². The molecule has 0 bridgehead atoms. The monoisotopic (exact) mass is 226 g/mol. The van der Waals surface area contributed by atoms with E-state index in [1.807, 2.05) is 24.5 Å². The van der Waals surface area contributed by atoms with Crippen LogP contribution in [0.2, 0.25) is 0 Å². The molecule has 0 aromatic carbocycles. The smallest absolute Gasteiger partial charge is 0.273 e. The average Bonchev–Trinajstić information content (AvgIpc) is 2.76. The molecule has 0 unspecified atom stereocenters. The van der Waals surface area contributed by atoms with Crippen molar-refractivity contribution in [1.29, 1.82) is 0 Å². The molecule has 0 fully saturated rings. The number of hydrogen-bond donors (Lipinski definition) is 2. The molecular formula is C8H10N4O2S. The maximum Gasteiger partial charge on any atom is 0.273 e. The molecule has 0 radical (unpaired) electrons. The highest BCUT2D eigenvalue weighted by atomic mass is 32.2. The molecule has 0 aliphatic heterocycles. The molecule has 0 saturated carbocycles. The van der Waals surface area contributed by atoms with Crippen molar-refractivity contribution in [2.24, 2.45) is 5.14 Å². The van der Waals surface area contributed by atoms with E-state index in [0.29, 0.717) is 0 Å². The van der Waals surface area contributed by atoms with E-state index < -0.39 is 10.0 Å². The molecule has 0 spiro atoms. The molecule has 0 amide bonds. The first-order chi connectivity index (χ1) is 7.11. The topological polar surface area (TPSA) is 102 Å². The first-order valence-corrected chi connectivity index (χ1v) is 5.53. The van der Waals surface area contributed by atoms with Crippen LogP contribution >= 0.6 is 0 Å². The van der Waals surface area contributed by atoms with E-state index in [1.54, 1.807) is 0 Å². The van der Waals surface area contributed by atoms with Crippen LogP contribution in [0.3, 0.4) is 0 Å². The number of nitrogens with one attached hydrogen (secondary N) is 1. The Hall–Kier alpha value is -1.73. The van der Waals surface area contributed by atoms with Crippen molar-refractivity contribution < 1.29 is 8.42 Å². The molecule has 7 heteroatoms. The van der Waals surface area contributed by atoms with Gasteiger partial charge >= 0.3 is 0 Å². The summed E-state index contributed by atoms with van der Waals surface area (Å²) < 4.78 is 21.0. The molecule has 15 heavy (non-hydrogen) atoms. The number of rotatable bonds is 1. The molecule has 0 aliphatic rings. The number of primary sulfonamides is 1. The maximum atomic E-state index is 10.5. The van der Waals surface area contributed by atoms with Gasteiger partial charge in [0.1, 0.15) is 0 Å². The van der Waals surface area contributed by atoms with Crippen molar-refractivity contribution in [1.82, 2.24) is 15.0 Å². The zero-order valence-corrected chi connectivity index (χ0v) is 8.55. The van der Waals surface area contributed by atoms with Crippen molar-refractivity contribution >= 4 is 10.0 Å². The molecule has 2 aromatic heterocycles. The van der Waals surface area contributed by atoms with E-state index in [2.05, 4.69) is 15.0 Å². The van der Waals surface area contributed by atoms with Gasteiger partial charge in [0.25, 0.3) is 15.2 Å². The number of H-pyrrole nitrogens is 1. The van der Waals surface area contributed by atoms with Crippen molar-refractivity contribution in [3.05, 3.63) is 43.0 Å². The standard InChI is InChI=1S/C4H5N3O2S.C4H5N/c5-10(8,9)4-6-2-1-3-7-4;1-2-4-5-3-1/h1-3H,(H2,5,8,9);1-5H. The van der Waals surface area contributed by atoms with Gasteiger partial charge in [0.2, 0.25) is 0 Å². The normalized spacial score (nSPS) is 10.2. The summed E-state index contributed by atoms with van der Waals surface area (Å²) in [6, 6.07) is 5.40. The van der Waals surface area contributed by atoms with Gasteiger partial charge in [-0.2, -0.15) is 0 Å². The van der Waals surface area contributed by atoms with Crippen LogP contribution in [0.25, 0.3) is 0 Å². The molecule has 3 N–H and O–H groups in total. The van der Waals surface area contributed by atoms with E-state index in [1.165, 1.54) is 18.5 Å². The first-order valence-electron chi connectivity index (χ1n) is 3.98. The van der Waals surface area contributed by atoms with E-state index in [-0.39, 0.29) is 5.16 Å². The quantitative estimate of drug-likeness (QED) is 0.675. The SMILES string of the molecule is NS(=O)(=O)c1ncccn1.c1cc[nH]c1. The highest BCUT2D eigenvalue weighted by molar-refractivity contribution is 7.89. The third kappa shape index (κ3) is 4.34. The second-order valence-electron chi connectivity index (χ2n) is 2.46. The van der Waals surface area contributed by atoms with E-state index in [9.17, 15) is 8.42 Å². The van der Waals surface area contributed by atoms with Gasteiger partial charge in [0.15, 0.2) is 0 Å². The summed E-state index contributed by atoms with van der Waals surface area (Å²) in [5.41, 5.74) is 0. The fourth-order valence-corrected chi connectivity index (χ4v) is 1.13. The number of aromatic amines is 1. The highest BCUT2D eigenvalue weighted by Crippen LogP contribution is 1.92. The van der Waals surface area contributed by atoms with Crippen LogP contribution in [0, 0.1) is 0 Å².